The van der Waals surface area contributed by atoms with Crippen molar-refractivity contribution in [2.24, 2.45) is 0 Å². The predicted molar refractivity (Wildman–Crippen MR) is 102 cm³/mol. The van der Waals surface area contributed by atoms with Gasteiger partial charge in [0.25, 0.3) is 10.0 Å². The summed E-state index contributed by atoms with van der Waals surface area (Å²) < 4.78 is 28.1. The third-order valence-corrected chi connectivity index (χ3v) is 7.18. The first kappa shape index (κ1) is 17.1. The average Bonchev–Trinajstić information content (AvgIpc) is 3.07. The van der Waals surface area contributed by atoms with Crippen LogP contribution in [0.1, 0.15) is 31.7 Å². The highest BCUT2D eigenvalue weighted by atomic mass is 32.2. The molecule has 2 heterocycles. The van der Waals surface area contributed by atoms with Crippen LogP contribution in [-0.2, 0) is 21.2 Å². The number of benzene rings is 2. The molecule has 1 amide bonds. The third-order valence-electron chi connectivity index (χ3n) is 5.24. The van der Waals surface area contributed by atoms with Crippen molar-refractivity contribution in [1.82, 2.24) is 0 Å². The Morgan fingerprint density at radius 3 is 2.42 bits per heavy atom. The largest absolute Gasteiger partial charge is 0.312 e. The zero-order valence-electron chi connectivity index (χ0n) is 14.8. The van der Waals surface area contributed by atoms with Crippen LogP contribution in [-0.4, -0.2) is 26.9 Å². The van der Waals surface area contributed by atoms with Crippen molar-refractivity contribution in [3.8, 4) is 0 Å². The van der Waals surface area contributed by atoms with Crippen molar-refractivity contribution in [2.75, 3.05) is 15.7 Å². The predicted octanol–water partition coefficient (Wildman–Crippen LogP) is 3.34. The molecular formula is C20H22N2O3S. The Kier molecular flexibility index (Phi) is 4.23. The number of amides is 1. The molecule has 136 valence electrons. The number of carbonyl (C=O) groups excluding carboxylic acids is 1. The number of hydrogen-bond donors (Lipinski definition) is 0. The van der Waals surface area contributed by atoms with Crippen molar-refractivity contribution in [3.63, 3.8) is 0 Å². The molecule has 1 fully saturated rings. The minimum absolute atomic E-state index is 0.0882. The monoisotopic (exact) mass is 370 g/mol. The van der Waals surface area contributed by atoms with Gasteiger partial charge in [-0.3, -0.25) is 9.10 Å². The number of sulfonamides is 1. The molecule has 26 heavy (non-hydrogen) atoms. The molecule has 6 heteroatoms. The molecule has 0 N–H and O–H groups in total. The molecule has 0 saturated carbocycles. The third kappa shape index (κ3) is 2.78. The topological polar surface area (TPSA) is 57.7 Å². The minimum atomic E-state index is -3.65. The number of para-hydroxylation sites is 1. The van der Waals surface area contributed by atoms with Gasteiger partial charge in [-0.25, -0.2) is 8.42 Å². The highest BCUT2D eigenvalue weighted by Gasteiger charge is 2.33. The van der Waals surface area contributed by atoms with Gasteiger partial charge in [0, 0.05) is 24.7 Å². The molecule has 2 aliphatic heterocycles. The van der Waals surface area contributed by atoms with E-state index in [1.54, 1.807) is 33.5 Å². The van der Waals surface area contributed by atoms with E-state index in [1.807, 2.05) is 31.2 Å². The number of anilines is 2. The molecule has 0 bridgehead atoms. The SMILES string of the molecule is CC1CCc2ccccc2N1S(=O)(=O)c1ccc(N2CCCC2=O)cc1. The fraction of sp³-hybridized carbons (Fsp3) is 0.350. The standard InChI is InChI=1S/C20H22N2O3S/c1-15-8-9-16-5-2-3-6-19(16)22(15)26(24,25)18-12-10-17(11-13-18)21-14-4-7-20(21)23/h2-3,5-6,10-13,15H,4,7-9,14H2,1H3. The van der Waals surface area contributed by atoms with Crippen LogP contribution in [0.5, 0.6) is 0 Å². The molecule has 0 aromatic heterocycles. The van der Waals surface area contributed by atoms with Gasteiger partial charge in [-0.1, -0.05) is 18.2 Å². The van der Waals surface area contributed by atoms with Crippen LogP contribution in [0.3, 0.4) is 0 Å². The number of fused-ring (bicyclic) bond motifs is 1. The van der Waals surface area contributed by atoms with E-state index in [-0.39, 0.29) is 16.8 Å². The molecule has 1 atom stereocenters. The van der Waals surface area contributed by atoms with Gasteiger partial charge in [0.1, 0.15) is 0 Å². The van der Waals surface area contributed by atoms with Gasteiger partial charge >= 0.3 is 0 Å². The van der Waals surface area contributed by atoms with Crippen molar-refractivity contribution in [2.45, 2.75) is 43.5 Å². The van der Waals surface area contributed by atoms with Gasteiger partial charge in [-0.2, -0.15) is 0 Å². The Morgan fingerprint density at radius 2 is 1.73 bits per heavy atom. The van der Waals surface area contributed by atoms with Crippen molar-refractivity contribution in [1.29, 1.82) is 0 Å². The van der Waals surface area contributed by atoms with E-state index in [2.05, 4.69) is 0 Å². The zero-order chi connectivity index (χ0) is 18.3. The maximum atomic E-state index is 13.3. The second-order valence-corrected chi connectivity index (χ2v) is 8.78. The number of carbonyl (C=O) groups is 1. The quantitative estimate of drug-likeness (QED) is 0.833. The molecule has 2 aromatic carbocycles. The summed E-state index contributed by atoms with van der Waals surface area (Å²) in [6.07, 6.45) is 3.10. The molecule has 4 rings (SSSR count). The molecular weight excluding hydrogens is 348 g/mol. The van der Waals surface area contributed by atoms with E-state index in [0.29, 0.717) is 13.0 Å². The highest BCUT2D eigenvalue weighted by molar-refractivity contribution is 7.92. The average molecular weight is 370 g/mol. The van der Waals surface area contributed by atoms with E-state index in [1.165, 1.54) is 0 Å². The summed E-state index contributed by atoms with van der Waals surface area (Å²) >= 11 is 0. The lowest BCUT2D eigenvalue weighted by atomic mass is 9.99. The summed E-state index contributed by atoms with van der Waals surface area (Å²) in [7, 11) is -3.65. The lowest BCUT2D eigenvalue weighted by Gasteiger charge is -2.36. The molecule has 1 unspecified atom stereocenters. The van der Waals surface area contributed by atoms with Crippen LogP contribution in [0.25, 0.3) is 0 Å². The molecule has 1 saturated heterocycles. The highest BCUT2D eigenvalue weighted by Crippen LogP contribution is 2.35. The number of aryl methyl sites for hydroxylation is 1. The van der Waals surface area contributed by atoms with Crippen LogP contribution in [0.4, 0.5) is 11.4 Å². The smallest absolute Gasteiger partial charge is 0.264 e. The molecule has 0 aliphatic carbocycles. The number of rotatable bonds is 3. The normalized spacial score (nSPS) is 20.3. The Bertz CT molecular complexity index is 938. The first-order chi connectivity index (χ1) is 12.5. The minimum Gasteiger partial charge on any atom is -0.312 e. The Morgan fingerprint density at radius 1 is 1.00 bits per heavy atom. The van der Waals surface area contributed by atoms with Crippen LogP contribution < -0.4 is 9.21 Å². The summed E-state index contributed by atoms with van der Waals surface area (Å²) in [6.45, 7) is 2.65. The van der Waals surface area contributed by atoms with Crippen LogP contribution in [0.2, 0.25) is 0 Å². The Hall–Kier alpha value is -2.34. The van der Waals surface area contributed by atoms with Gasteiger partial charge in [-0.05, 0) is 62.1 Å². The van der Waals surface area contributed by atoms with Crippen molar-refractivity contribution >= 4 is 27.3 Å². The van der Waals surface area contributed by atoms with Crippen LogP contribution in [0.15, 0.2) is 53.4 Å². The first-order valence-electron chi connectivity index (χ1n) is 9.01. The van der Waals surface area contributed by atoms with Gasteiger partial charge in [0.2, 0.25) is 5.91 Å². The first-order valence-corrected chi connectivity index (χ1v) is 10.5. The zero-order valence-corrected chi connectivity index (χ0v) is 15.6. The van der Waals surface area contributed by atoms with E-state index >= 15 is 0 Å². The van der Waals surface area contributed by atoms with Crippen molar-refractivity contribution < 1.29 is 13.2 Å². The summed E-state index contributed by atoms with van der Waals surface area (Å²) in [6, 6.07) is 14.3. The van der Waals surface area contributed by atoms with Gasteiger partial charge in [0.15, 0.2) is 0 Å². The van der Waals surface area contributed by atoms with E-state index in [9.17, 15) is 13.2 Å². The second-order valence-electron chi connectivity index (χ2n) is 6.96. The van der Waals surface area contributed by atoms with E-state index in [0.717, 1.165) is 36.2 Å². The Balaban J connectivity index is 1.70. The number of hydrogen-bond acceptors (Lipinski definition) is 3. The molecule has 2 aromatic rings. The number of nitrogens with zero attached hydrogens (tertiary/aromatic N) is 2. The molecule has 0 spiro atoms. The fourth-order valence-corrected chi connectivity index (χ4v) is 5.58. The van der Waals surface area contributed by atoms with Gasteiger partial charge in [0.05, 0.1) is 10.6 Å². The summed E-state index contributed by atoms with van der Waals surface area (Å²) in [4.78, 5) is 13.9. The summed E-state index contributed by atoms with van der Waals surface area (Å²) in [5.74, 6) is 0.0965. The maximum absolute atomic E-state index is 13.3. The van der Waals surface area contributed by atoms with Crippen molar-refractivity contribution in [3.05, 3.63) is 54.1 Å². The lowest BCUT2D eigenvalue weighted by Crippen LogP contribution is -2.42. The maximum Gasteiger partial charge on any atom is 0.264 e. The molecule has 5 nitrogen and oxygen atoms in total. The van der Waals surface area contributed by atoms with Crippen LogP contribution >= 0.6 is 0 Å². The Labute approximate surface area is 154 Å². The molecule has 2 aliphatic rings. The molecule has 0 radical (unpaired) electrons. The summed E-state index contributed by atoms with van der Waals surface area (Å²) in [5.41, 5.74) is 2.59. The van der Waals surface area contributed by atoms with Crippen LogP contribution in [0, 0.1) is 0 Å². The van der Waals surface area contributed by atoms with Gasteiger partial charge < -0.3 is 4.90 Å². The van der Waals surface area contributed by atoms with E-state index < -0.39 is 10.0 Å². The van der Waals surface area contributed by atoms with E-state index in [4.69, 9.17) is 0 Å². The second kappa shape index (κ2) is 6.43. The fourth-order valence-electron chi connectivity index (χ4n) is 3.86. The van der Waals surface area contributed by atoms with Gasteiger partial charge in [-0.15, -0.1) is 0 Å². The lowest BCUT2D eigenvalue weighted by molar-refractivity contribution is -0.117. The summed E-state index contributed by atoms with van der Waals surface area (Å²) in [5, 5.41) is 0.